The normalized spacial score (nSPS) is 13.2. The first kappa shape index (κ1) is 24.3. The van der Waals surface area contributed by atoms with Crippen molar-refractivity contribution in [3.63, 3.8) is 0 Å². The summed E-state index contributed by atoms with van der Waals surface area (Å²) >= 11 is 0. The van der Waals surface area contributed by atoms with Crippen LogP contribution < -0.4 is 0 Å². The molecule has 0 bridgehead atoms. The lowest BCUT2D eigenvalue weighted by atomic mass is 9.88. The fourth-order valence-corrected chi connectivity index (χ4v) is 4.57. The first-order valence-electron chi connectivity index (χ1n) is 12.4. The van der Waals surface area contributed by atoms with Gasteiger partial charge >= 0.3 is 5.97 Å². The van der Waals surface area contributed by atoms with E-state index >= 15 is 0 Å². The first-order chi connectivity index (χ1) is 17.9. The second-order valence-corrected chi connectivity index (χ2v) is 9.97. The van der Waals surface area contributed by atoms with Gasteiger partial charge in [-0.15, -0.1) is 0 Å². The van der Waals surface area contributed by atoms with Crippen LogP contribution in [-0.4, -0.2) is 28.3 Å². The molecule has 2 aromatic heterocycles. The molecule has 3 aromatic carbocycles. The summed E-state index contributed by atoms with van der Waals surface area (Å²) in [6, 6.07) is 30.7. The number of benzene rings is 3. The smallest absolute Gasteiger partial charge is 0.332 e. The molecule has 5 aromatic rings. The summed E-state index contributed by atoms with van der Waals surface area (Å²) in [5.41, 5.74) is 3.77. The maximum Gasteiger partial charge on any atom is 0.332 e. The molecule has 0 aliphatic carbocycles. The summed E-state index contributed by atoms with van der Waals surface area (Å²) in [5.74, 6) is -0.281. The lowest BCUT2D eigenvalue weighted by Crippen LogP contribution is -2.35. The van der Waals surface area contributed by atoms with Crippen LogP contribution in [0.2, 0.25) is 0 Å². The Hall–Kier alpha value is -4.38. The van der Waals surface area contributed by atoms with Crippen LogP contribution in [0, 0.1) is 0 Å². The van der Waals surface area contributed by atoms with Crippen LogP contribution in [0.3, 0.4) is 0 Å². The quantitative estimate of drug-likeness (QED) is 0.195. The average Bonchev–Trinajstić information content (AvgIpc) is 3.57. The molecule has 0 radical (unpaired) electrons. The van der Waals surface area contributed by atoms with Gasteiger partial charge in [-0.2, -0.15) is 0 Å². The molecule has 186 valence electrons. The van der Waals surface area contributed by atoms with Crippen molar-refractivity contribution in [1.29, 1.82) is 0 Å². The number of nitrogens with one attached hydrogen (secondary N) is 1. The summed E-state index contributed by atoms with van der Waals surface area (Å²) in [6.45, 7) is 5.61. The minimum absolute atomic E-state index is 0.413. The number of furan rings is 1. The van der Waals surface area contributed by atoms with Gasteiger partial charge in [-0.25, -0.2) is 4.79 Å². The molecule has 0 aliphatic heterocycles. The largest absolute Gasteiger partial charge is 0.469 e. The van der Waals surface area contributed by atoms with E-state index in [9.17, 15) is 4.79 Å². The van der Waals surface area contributed by atoms with E-state index in [0.29, 0.717) is 11.5 Å². The van der Waals surface area contributed by atoms with Crippen LogP contribution in [0.4, 0.5) is 0 Å². The fourth-order valence-electron chi connectivity index (χ4n) is 4.57. The van der Waals surface area contributed by atoms with Gasteiger partial charge in [-0.05, 0) is 44.5 Å². The average molecular weight is 491 g/mol. The molecule has 5 rings (SSSR count). The summed E-state index contributed by atoms with van der Waals surface area (Å²) in [5, 5.41) is 1.01. The van der Waals surface area contributed by atoms with Crippen molar-refractivity contribution in [2.24, 2.45) is 4.99 Å². The maximum atomic E-state index is 13.9. The van der Waals surface area contributed by atoms with Gasteiger partial charge < -0.3 is 14.1 Å². The first-order valence-corrected chi connectivity index (χ1v) is 12.4. The Kier molecular flexibility index (Phi) is 6.78. The Balaban J connectivity index is 1.75. The Morgan fingerprint density at radius 1 is 0.838 bits per heavy atom. The van der Waals surface area contributed by atoms with Crippen molar-refractivity contribution in [2.75, 3.05) is 0 Å². The van der Waals surface area contributed by atoms with E-state index < -0.39 is 23.5 Å². The number of nitrogens with zero attached hydrogens (tertiary/aromatic N) is 1. The maximum absolute atomic E-state index is 13.9. The summed E-state index contributed by atoms with van der Waals surface area (Å²) < 4.78 is 11.9. The van der Waals surface area contributed by atoms with Gasteiger partial charge in [0.15, 0.2) is 6.04 Å². The number of para-hydroxylation sites is 1. The fraction of sp³-hybridized carbons (Fsp3) is 0.188. The van der Waals surface area contributed by atoms with Crippen molar-refractivity contribution < 1.29 is 13.9 Å². The topological polar surface area (TPSA) is 67.6 Å². The van der Waals surface area contributed by atoms with Crippen LogP contribution in [0.1, 0.15) is 49.1 Å². The molecular weight excluding hydrogens is 460 g/mol. The zero-order valence-corrected chi connectivity index (χ0v) is 21.2. The van der Waals surface area contributed by atoms with Gasteiger partial charge in [0.25, 0.3) is 0 Å². The Morgan fingerprint density at radius 3 is 2.05 bits per heavy atom. The van der Waals surface area contributed by atoms with Gasteiger partial charge in [0.2, 0.25) is 0 Å². The minimum atomic E-state index is -0.903. The molecule has 1 N–H and O–H groups in total. The van der Waals surface area contributed by atoms with E-state index in [2.05, 4.69) is 4.98 Å². The number of aliphatic imine (C=N–C) groups is 1. The molecular formula is C32H30N2O3. The van der Waals surface area contributed by atoms with Crippen molar-refractivity contribution in [3.05, 3.63) is 132 Å². The Morgan fingerprint density at radius 2 is 1.46 bits per heavy atom. The summed E-state index contributed by atoms with van der Waals surface area (Å²) in [6.07, 6.45) is 3.57. The van der Waals surface area contributed by atoms with Gasteiger partial charge in [0.1, 0.15) is 11.4 Å². The molecule has 0 aliphatic rings. The number of hydrogen-bond donors (Lipinski definition) is 1. The van der Waals surface area contributed by atoms with Crippen molar-refractivity contribution in [2.45, 2.75) is 38.3 Å². The number of aromatic amines is 1. The zero-order valence-electron chi connectivity index (χ0n) is 21.2. The number of aromatic nitrogens is 1. The highest BCUT2D eigenvalue weighted by Gasteiger charge is 2.37. The third-order valence-corrected chi connectivity index (χ3v) is 6.13. The number of fused-ring (bicyclic) bond motifs is 1. The second kappa shape index (κ2) is 10.3. The number of carbonyl (C=O) groups is 1. The van der Waals surface area contributed by atoms with E-state index in [0.717, 1.165) is 27.6 Å². The molecule has 5 heteroatoms. The predicted octanol–water partition coefficient (Wildman–Crippen LogP) is 7.14. The van der Waals surface area contributed by atoms with E-state index in [1.54, 1.807) is 6.26 Å². The number of esters is 1. The molecule has 5 nitrogen and oxygen atoms in total. The highest BCUT2D eigenvalue weighted by Crippen LogP contribution is 2.36. The van der Waals surface area contributed by atoms with Crippen LogP contribution >= 0.6 is 0 Å². The van der Waals surface area contributed by atoms with Gasteiger partial charge in [-0.1, -0.05) is 78.9 Å². The number of carbonyl (C=O) groups excluding carboxylic acids is 1. The molecule has 0 unspecified atom stereocenters. The van der Waals surface area contributed by atoms with E-state index in [-0.39, 0.29) is 0 Å². The predicted molar refractivity (Wildman–Crippen MR) is 147 cm³/mol. The molecule has 0 amide bonds. The van der Waals surface area contributed by atoms with Crippen LogP contribution in [-0.2, 0) is 9.53 Å². The minimum Gasteiger partial charge on any atom is -0.469 e. The highest BCUT2D eigenvalue weighted by atomic mass is 16.6. The number of ether oxygens (including phenoxy) is 1. The highest BCUT2D eigenvalue weighted by molar-refractivity contribution is 6.13. The van der Waals surface area contributed by atoms with Crippen LogP contribution in [0.25, 0.3) is 10.9 Å². The van der Waals surface area contributed by atoms with Crippen LogP contribution in [0.5, 0.6) is 0 Å². The molecule has 0 spiro atoms. The Bertz CT molecular complexity index is 1450. The van der Waals surface area contributed by atoms with Gasteiger partial charge in [0.05, 0.1) is 17.9 Å². The molecule has 0 saturated carbocycles. The zero-order chi connectivity index (χ0) is 25.8. The number of H-pyrrole nitrogens is 1. The number of rotatable bonds is 7. The van der Waals surface area contributed by atoms with E-state index in [4.69, 9.17) is 14.1 Å². The lowest BCUT2D eigenvalue weighted by Gasteiger charge is -2.27. The van der Waals surface area contributed by atoms with E-state index in [1.807, 2.05) is 124 Å². The Labute approximate surface area is 216 Å². The SMILES string of the molecule is CC(C)(C)OC(=O)[C@@H](N=C(c1ccccc1)c1ccccc1)[C@@H](c1ccco1)c1c[nH]c2ccccc12. The molecule has 0 fully saturated rings. The van der Waals surface area contributed by atoms with Gasteiger partial charge in [0, 0.05) is 28.2 Å². The molecule has 2 heterocycles. The standard InChI is InChI=1S/C32H30N2O3/c1-32(2,3)37-31(35)30(34-29(22-13-6-4-7-14-22)23-15-8-5-9-16-23)28(27-19-12-20-36-27)25-21-33-26-18-11-10-17-24(25)26/h4-21,28,30,33H,1-3H3/t28-,30+/m1/s1. The third-order valence-electron chi connectivity index (χ3n) is 6.13. The van der Waals surface area contributed by atoms with Gasteiger partial charge in [-0.3, -0.25) is 4.99 Å². The summed E-state index contributed by atoms with van der Waals surface area (Å²) in [4.78, 5) is 22.5. The monoisotopic (exact) mass is 490 g/mol. The number of hydrogen-bond acceptors (Lipinski definition) is 4. The molecule has 2 atom stereocenters. The van der Waals surface area contributed by atoms with Crippen LogP contribution in [0.15, 0.2) is 119 Å². The van der Waals surface area contributed by atoms with Crippen molar-refractivity contribution in [3.8, 4) is 0 Å². The molecule has 37 heavy (non-hydrogen) atoms. The second-order valence-electron chi connectivity index (χ2n) is 9.97. The molecule has 0 saturated heterocycles. The lowest BCUT2D eigenvalue weighted by molar-refractivity contribution is -0.156. The van der Waals surface area contributed by atoms with E-state index in [1.165, 1.54) is 0 Å². The third kappa shape index (κ3) is 5.41. The van der Waals surface area contributed by atoms with Crippen molar-refractivity contribution in [1.82, 2.24) is 4.98 Å². The van der Waals surface area contributed by atoms with Crippen molar-refractivity contribution >= 4 is 22.6 Å². The summed E-state index contributed by atoms with van der Waals surface area (Å²) in [7, 11) is 0.